The fourth-order valence-corrected chi connectivity index (χ4v) is 3.75. The van der Waals surface area contributed by atoms with Crippen LogP contribution in [0.2, 0.25) is 5.02 Å². The monoisotopic (exact) mass is 275 g/mol. The fourth-order valence-electron chi connectivity index (χ4n) is 1.89. The SMILES string of the molecule is Nc1cnc(NC2CCCS(=O)(=O)C2)c(Cl)c1. The summed E-state index contributed by atoms with van der Waals surface area (Å²) in [6.45, 7) is 0. The van der Waals surface area contributed by atoms with Crippen LogP contribution in [0.1, 0.15) is 12.8 Å². The Bertz CT molecular complexity index is 518. The van der Waals surface area contributed by atoms with Gasteiger partial charge in [0.15, 0.2) is 9.84 Å². The van der Waals surface area contributed by atoms with Gasteiger partial charge < -0.3 is 11.1 Å². The normalized spacial score (nSPS) is 23.2. The number of nitrogens with zero attached hydrogens (tertiary/aromatic N) is 1. The van der Waals surface area contributed by atoms with Gasteiger partial charge in [0.05, 0.1) is 28.4 Å². The van der Waals surface area contributed by atoms with Crippen LogP contribution < -0.4 is 11.1 Å². The molecule has 2 rings (SSSR count). The summed E-state index contributed by atoms with van der Waals surface area (Å²) in [4.78, 5) is 4.06. The van der Waals surface area contributed by atoms with Gasteiger partial charge in [0.25, 0.3) is 0 Å². The summed E-state index contributed by atoms with van der Waals surface area (Å²) >= 11 is 5.97. The van der Waals surface area contributed by atoms with E-state index < -0.39 is 9.84 Å². The molecular formula is C10H14ClN3O2S. The molecule has 0 aromatic carbocycles. The molecule has 3 N–H and O–H groups in total. The highest BCUT2D eigenvalue weighted by Gasteiger charge is 2.25. The first-order valence-electron chi connectivity index (χ1n) is 5.34. The second-order valence-corrected chi connectivity index (χ2v) is 6.83. The zero-order valence-corrected chi connectivity index (χ0v) is 10.8. The molecule has 1 aromatic rings. The first-order chi connectivity index (χ1) is 7.96. The standard InChI is InChI=1S/C10H14ClN3O2S/c11-9-4-7(12)5-13-10(9)14-8-2-1-3-17(15,16)6-8/h4-5,8H,1-3,6,12H2,(H,13,14). The van der Waals surface area contributed by atoms with E-state index in [1.165, 1.54) is 6.20 Å². The van der Waals surface area contributed by atoms with E-state index in [1.54, 1.807) is 6.07 Å². The van der Waals surface area contributed by atoms with E-state index in [1.807, 2.05) is 0 Å². The second kappa shape index (κ2) is 4.70. The number of nitrogens with two attached hydrogens (primary N) is 1. The molecule has 1 atom stereocenters. The van der Waals surface area contributed by atoms with Crippen LogP contribution in [0, 0.1) is 0 Å². The molecule has 17 heavy (non-hydrogen) atoms. The van der Waals surface area contributed by atoms with Crippen molar-refractivity contribution >= 4 is 32.9 Å². The number of anilines is 2. The Balaban J connectivity index is 2.10. The third kappa shape index (κ3) is 3.23. The average Bonchev–Trinajstić information content (AvgIpc) is 2.21. The largest absolute Gasteiger partial charge is 0.397 e. The van der Waals surface area contributed by atoms with Gasteiger partial charge in [-0.1, -0.05) is 11.6 Å². The van der Waals surface area contributed by atoms with Crippen molar-refractivity contribution < 1.29 is 8.42 Å². The summed E-state index contributed by atoms with van der Waals surface area (Å²) in [5.41, 5.74) is 6.02. The third-order valence-electron chi connectivity index (χ3n) is 2.67. The van der Waals surface area contributed by atoms with Crippen molar-refractivity contribution in [1.29, 1.82) is 0 Å². The highest BCUT2D eigenvalue weighted by molar-refractivity contribution is 7.91. The molecule has 94 valence electrons. The van der Waals surface area contributed by atoms with Crippen LogP contribution in [-0.2, 0) is 9.84 Å². The Labute approximate surface area is 105 Å². The lowest BCUT2D eigenvalue weighted by Gasteiger charge is -2.23. The van der Waals surface area contributed by atoms with E-state index in [-0.39, 0.29) is 17.5 Å². The van der Waals surface area contributed by atoms with E-state index in [4.69, 9.17) is 17.3 Å². The molecule has 1 aliphatic rings. The zero-order chi connectivity index (χ0) is 12.5. The Morgan fingerprint density at radius 3 is 2.94 bits per heavy atom. The molecule has 0 aliphatic carbocycles. The molecule has 5 nitrogen and oxygen atoms in total. The molecule has 2 heterocycles. The minimum absolute atomic E-state index is 0.123. The van der Waals surface area contributed by atoms with Crippen LogP contribution in [0.15, 0.2) is 12.3 Å². The van der Waals surface area contributed by atoms with Gasteiger partial charge in [0, 0.05) is 6.04 Å². The third-order valence-corrected chi connectivity index (χ3v) is 4.78. The minimum Gasteiger partial charge on any atom is -0.397 e. The lowest BCUT2D eigenvalue weighted by molar-refractivity contribution is 0.561. The molecule has 1 saturated heterocycles. The molecule has 0 saturated carbocycles. The summed E-state index contributed by atoms with van der Waals surface area (Å²) in [5.74, 6) is 0.895. The van der Waals surface area contributed by atoms with Gasteiger partial charge >= 0.3 is 0 Å². The van der Waals surface area contributed by atoms with Crippen molar-refractivity contribution in [2.75, 3.05) is 22.6 Å². The van der Waals surface area contributed by atoms with E-state index >= 15 is 0 Å². The number of rotatable bonds is 2. The smallest absolute Gasteiger partial charge is 0.152 e. The Morgan fingerprint density at radius 1 is 1.53 bits per heavy atom. The number of aromatic nitrogens is 1. The highest BCUT2D eigenvalue weighted by Crippen LogP contribution is 2.24. The molecule has 1 aromatic heterocycles. The predicted molar refractivity (Wildman–Crippen MR) is 69.0 cm³/mol. The average molecular weight is 276 g/mol. The highest BCUT2D eigenvalue weighted by atomic mass is 35.5. The maximum Gasteiger partial charge on any atom is 0.152 e. The molecule has 0 bridgehead atoms. The summed E-state index contributed by atoms with van der Waals surface area (Å²) in [6, 6.07) is 1.47. The topological polar surface area (TPSA) is 85.1 Å². The molecule has 0 amide bonds. The maximum atomic E-state index is 11.5. The van der Waals surface area contributed by atoms with Crippen LogP contribution in [0.5, 0.6) is 0 Å². The Morgan fingerprint density at radius 2 is 2.29 bits per heavy atom. The van der Waals surface area contributed by atoms with Gasteiger partial charge in [-0.15, -0.1) is 0 Å². The van der Waals surface area contributed by atoms with Crippen molar-refractivity contribution in [2.45, 2.75) is 18.9 Å². The lowest BCUT2D eigenvalue weighted by Crippen LogP contribution is -2.35. The summed E-state index contributed by atoms with van der Waals surface area (Å²) in [6.07, 6.45) is 2.97. The molecule has 0 radical (unpaired) electrons. The molecule has 1 fully saturated rings. The van der Waals surface area contributed by atoms with E-state index in [0.717, 1.165) is 6.42 Å². The summed E-state index contributed by atoms with van der Waals surface area (Å²) in [5, 5.41) is 3.46. The van der Waals surface area contributed by atoms with E-state index in [9.17, 15) is 8.42 Å². The number of nitrogens with one attached hydrogen (secondary N) is 1. The Hall–Kier alpha value is -1.01. The minimum atomic E-state index is -2.93. The van der Waals surface area contributed by atoms with Crippen molar-refractivity contribution in [3.63, 3.8) is 0 Å². The van der Waals surface area contributed by atoms with Crippen molar-refractivity contribution in [1.82, 2.24) is 4.98 Å². The van der Waals surface area contributed by atoms with Crippen LogP contribution in [0.3, 0.4) is 0 Å². The van der Waals surface area contributed by atoms with Gasteiger partial charge in [-0.2, -0.15) is 0 Å². The van der Waals surface area contributed by atoms with Crippen molar-refractivity contribution in [2.24, 2.45) is 0 Å². The number of hydrogen-bond acceptors (Lipinski definition) is 5. The number of halogens is 1. The van der Waals surface area contributed by atoms with E-state index in [2.05, 4.69) is 10.3 Å². The fraction of sp³-hybridized carbons (Fsp3) is 0.500. The van der Waals surface area contributed by atoms with Gasteiger partial charge in [-0.05, 0) is 18.9 Å². The molecule has 0 spiro atoms. The summed E-state index contributed by atoms with van der Waals surface area (Å²) in [7, 11) is -2.93. The first-order valence-corrected chi connectivity index (χ1v) is 7.54. The van der Waals surface area contributed by atoms with Crippen LogP contribution in [0.25, 0.3) is 0 Å². The molecule has 7 heteroatoms. The van der Waals surface area contributed by atoms with E-state index in [0.29, 0.717) is 22.9 Å². The Kier molecular flexibility index (Phi) is 3.44. The van der Waals surface area contributed by atoms with Crippen LogP contribution in [-0.4, -0.2) is 30.9 Å². The van der Waals surface area contributed by atoms with Gasteiger partial charge in [0.2, 0.25) is 0 Å². The van der Waals surface area contributed by atoms with Crippen molar-refractivity contribution in [3.05, 3.63) is 17.3 Å². The van der Waals surface area contributed by atoms with Crippen LogP contribution in [0.4, 0.5) is 11.5 Å². The maximum absolute atomic E-state index is 11.5. The quantitative estimate of drug-likeness (QED) is 0.850. The predicted octanol–water partition coefficient (Wildman–Crippen LogP) is 1.31. The number of hydrogen-bond donors (Lipinski definition) is 2. The molecule has 1 unspecified atom stereocenters. The second-order valence-electron chi connectivity index (χ2n) is 4.20. The molecule has 1 aliphatic heterocycles. The number of sulfone groups is 1. The van der Waals surface area contributed by atoms with Gasteiger partial charge in [-0.25, -0.2) is 13.4 Å². The number of pyridine rings is 1. The summed E-state index contributed by atoms with van der Waals surface area (Å²) < 4.78 is 23.0. The molecular weight excluding hydrogens is 262 g/mol. The van der Waals surface area contributed by atoms with Crippen molar-refractivity contribution in [3.8, 4) is 0 Å². The number of nitrogen functional groups attached to an aromatic ring is 1. The van der Waals surface area contributed by atoms with Crippen LogP contribution >= 0.6 is 11.6 Å². The van der Waals surface area contributed by atoms with Gasteiger partial charge in [0.1, 0.15) is 5.82 Å². The first kappa shape index (κ1) is 12.4. The zero-order valence-electron chi connectivity index (χ0n) is 9.19. The van der Waals surface area contributed by atoms with Gasteiger partial charge in [-0.3, -0.25) is 0 Å². The lowest BCUT2D eigenvalue weighted by atomic mass is 10.2.